The smallest absolute Gasteiger partial charge is 0.234 e. The second-order valence-electron chi connectivity index (χ2n) is 6.98. The summed E-state index contributed by atoms with van der Waals surface area (Å²) >= 11 is 1.13. The molecule has 31 heavy (non-hydrogen) atoms. The Kier molecular flexibility index (Phi) is 7.21. The van der Waals surface area contributed by atoms with E-state index in [9.17, 15) is 18.0 Å². The van der Waals surface area contributed by atoms with Crippen molar-refractivity contribution >= 4 is 23.4 Å². The molecule has 1 unspecified atom stereocenters. The number of halogens is 3. The van der Waals surface area contributed by atoms with Crippen molar-refractivity contribution in [1.29, 1.82) is 0 Å². The van der Waals surface area contributed by atoms with Gasteiger partial charge >= 0.3 is 0 Å². The Morgan fingerprint density at radius 2 is 1.74 bits per heavy atom. The van der Waals surface area contributed by atoms with Crippen LogP contribution in [-0.4, -0.2) is 26.4 Å². The fraction of sp³-hybridized carbons (Fsp3) is 0.286. The number of benzene rings is 2. The molecular formula is C21H21F3N4O2S. The molecule has 0 saturated heterocycles. The highest BCUT2D eigenvalue weighted by molar-refractivity contribution is 7.99. The minimum atomic E-state index is -0.849. The number of nitrogens with zero attached hydrogens (tertiary/aromatic N) is 3. The van der Waals surface area contributed by atoms with Gasteiger partial charge in [-0.15, -0.1) is 10.2 Å². The van der Waals surface area contributed by atoms with Crippen LogP contribution >= 0.6 is 11.8 Å². The van der Waals surface area contributed by atoms with Crippen molar-refractivity contribution < 1.29 is 22.7 Å². The molecule has 3 aromatic rings. The molecule has 0 aliphatic rings. The van der Waals surface area contributed by atoms with Crippen LogP contribution in [0.1, 0.15) is 38.7 Å². The average Bonchev–Trinajstić information content (AvgIpc) is 3.15. The molecule has 0 saturated carbocycles. The Labute approximate surface area is 181 Å². The predicted molar refractivity (Wildman–Crippen MR) is 112 cm³/mol. The number of carbonyl (C=O) groups is 1. The number of aromatic nitrogens is 3. The molecule has 1 heterocycles. The highest BCUT2D eigenvalue weighted by Crippen LogP contribution is 2.28. The van der Waals surface area contributed by atoms with Crippen LogP contribution in [0.4, 0.5) is 18.9 Å². The van der Waals surface area contributed by atoms with Crippen LogP contribution in [0.3, 0.4) is 0 Å². The van der Waals surface area contributed by atoms with E-state index >= 15 is 0 Å². The third-order valence-electron chi connectivity index (χ3n) is 4.23. The van der Waals surface area contributed by atoms with E-state index < -0.39 is 23.6 Å². The monoisotopic (exact) mass is 450 g/mol. The maximum atomic E-state index is 13.7. The Hall–Kier alpha value is -3.01. The van der Waals surface area contributed by atoms with E-state index in [1.807, 2.05) is 18.4 Å². The van der Waals surface area contributed by atoms with Crippen LogP contribution in [0.15, 0.2) is 47.6 Å². The van der Waals surface area contributed by atoms with Gasteiger partial charge in [-0.05, 0) is 57.2 Å². The first-order valence-corrected chi connectivity index (χ1v) is 10.5. The van der Waals surface area contributed by atoms with Gasteiger partial charge in [-0.3, -0.25) is 4.79 Å². The molecule has 3 rings (SSSR count). The number of amides is 1. The summed E-state index contributed by atoms with van der Waals surface area (Å²) < 4.78 is 47.5. The number of thioether (sulfide) groups is 1. The molecule has 0 fully saturated rings. The number of carbonyl (C=O) groups excluding carboxylic acids is 1. The normalized spacial score (nSPS) is 12.1. The van der Waals surface area contributed by atoms with E-state index in [1.165, 1.54) is 24.3 Å². The Bertz CT molecular complexity index is 1060. The summed E-state index contributed by atoms with van der Waals surface area (Å²) in [5.41, 5.74) is -0.0978. The lowest BCUT2D eigenvalue weighted by molar-refractivity contribution is -0.113. The molecule has 0 bridgehead atoms. The van der Waals surface area contributed by atoms with Gasteiger partial charge in [-0.25, -0.2) is 13.2 Å². The van der Waals surface area contributed by atoms with Crippen molar-refractivity contribution in [2.75, 3.05) is 11.1 Å². The first-order chi connectivity index (χ1) is 14.7. The lowest BCUT2D eigenvalue weighted by atomic mass is 10.3. The van der Waals surface area contributed by atoms with Crippen molar-refractivity contribution in [1.82, 2.24) is 14.8 Å². The van der Waals surface area contributed by atoms with Gasteiger partial charge in [0.1, 0.15) is 23.2 Å². The number of hydrogen-bond donors (Lipinski definition) is 1. The van der Waals surface area contributed by atoms with Crippen molar-refractivity contribution in [3.8, 4) is 5.75 Å². The molecule has 0 aliphatic heterocycles. The molecule has 1 atom stereocenters. The minimum Gasteiger partial charge on any atom is -0.483 e. The van der Waals surface area contributed by atoms with Gasteiger partial charge in [0.25, 0.3) is 0 Å². The summed E-state index contributed by atoms with van der Waals surface area (Å²) in [5, 5.41) is 11.3. The summed E-state index contributed by atoms with van der Waals surface area (Å²) in [6.07, 6.45) is -0.475. The molecule has 6 nitrogen and oxygen atoms in total. The topological polar surface area (TPSA) is 69.0 Å². The lowest BCUT2D eigenvalue weighted by Crippen LogP contribution is -2.17. The molecule has 0 radical (unpaired) electrons. The zero-order valence-corrected chi connectivity index (χ0v) is 17.9. The van der Waals surface area contributed by atoms with Gasteiger partial charge in [-0.2, -0.15) is 0 Å². The van der Waals surface area contributed by atoms with Crippen LogP contribution in [0, 0.1) is 17.5 Å². The maximum Gasteiger partial charge on any atom is 0.234 e. The van der Waals surface area contributed by atoms with Gasteiger partial charge in [0.15, 0.2) is 17.1 Å². The predicted octanol–water partition coefficient (Wildman–Crippen LogP) is 5.15. The van der Waals surface area contributed by atoms with Crippen LogP contribution < -0.4 is 10.1 Å². The van der Waals surface area contributed by atoms with E-state index in [4.69, 9.17) is 4.74 Å². The van der Waals surface area contributed by atoms with Crippen molar-refractivity contribution in [3.05, 3.63) is 65.7 Å². The third kappa shape index (κ3) is 5.78. The summed E-state index contributed by atoms with van der Waals surface area (Å²) in [6.45, 7) is 5.68. The van der Waals surface area contributed by atoms with E-state index in [-0.39, 0.29) is 23.3 Å². The number of rotatable bonds is 8. The second-order valence-corrected chi connectivity index (χ2v) is 7.92. The highest BCUT2D eigenvalue weighted by atomic mass is 32.2. The van der Waals surface area contributed by atoms with Crippen LogP contribution in [0.5, 0.6) is 5.75 Å². The van der Waals surface area contributed by atoms with E-state index in [1.54, 1.807) is 6.92 Å². The number of anilines is 1. The standard InChI is InChI=1S/C21H21F3N4O2S/c1-12(2)28-20(13(3)30-16-7-4-14(22)5-8-16)26-27-21(28)31-11-19(29)25-18-9-6-15(23)10-17(18)24/h4-10,12-13H,11H2,1-3H3,(H,25,29). The molecule has 1 aromatic heterocycles. The van der Waals surface area contributed by atoms with Gasteiger partial charge in [0, 0.05) is 12.1 Å². The minimum absolute atomic E-state index is 0.0237. The van der Waals surface area contributed by atoms with Crippen molar-refractivity contribution in [3.63, 3.8) is 0 Å². The number of nitrogens with one attached hydrogen (secondary N) is 1. The van der Waals surface area contributed by atoms with Crippen molar-refractivity contribution in [2.24, 2.45) is 0 Å². The summed E-state index contributed by atoms with van der Waals surface area (Å²) in [5.74, 6) is -1.41. The van der Waals surface area contributed by atoms with E-state index in [0.717, 1.165) is 23.9 Å². The average molecular weight is 450 g/mol. The Morgan fingerprint density at radius 3 is 2.39 bits per heavy atom. The number of ether oxygens (including phenoxy) is 1. The Balaban J connectivity index is 1.68. The van der Waals surface area contributed by atoms with Crippen LogP contribution in [0.2, 0.25) is 0 Å². The third-order valence-corrected chi connectivity index (χ3v) is 5.18. The second kappa shape index (κ2) is 9.86. The largest absolute Gasteiger partial charge is 0.483 e. The fourth-order valence-corrected chi connectivity index (χ4v) is 3.70. The van der Waals surface area contributed by atoms with Crippen LogP contribution in [0.25, 0.3) is 0 Å². The lowest BCUT2D eigenvalue weighted by Gasteiger charge is -2.18. The van der Waals surface area contributed by atoms with Crippen LogP contribution in [-0.2, 0) is 4.79 Å². The SMILES string of the molecule is CC(Oc1ccc(F)cc1)c1nnc(SCC(=O)Nc2ccc(F)cc2F)n1C(C)C. The zero-order valence-electron chi connectivity index (χ0n) is 17.1. The summed E-state index contributed by atoms with van der Waals surface area (Å²) in [4.78, 5) is 12.2. The molecule has 0 spiro atoms. The Morgan fingerprint density at radius 1 is 1.06 bits per heavy atom. The molecule has 10 heteroatoms. The molecule has 0 aliphatic carbocycles. The molecule has 164 valence electrons. The van der Waals surface area contributed by atoms with Gasteiger partial charge in [-0.1, -0.05) is 11.8 Å². The molecular weight excluding hydrogens is 429 g/mol. The summed E-state index contributed by atoms with van der Waals surface area (Å²) in [6, 6.07) is 8.56. The number of hydrogen-bond acceptors (Lipinski definition) is 5. The molecule has 2 aromatic carbocycles. The maximum absolute atomic E-state index is 13.7. The first-order valence-electron chi connectivity index (χ1n) is 9.49. The van der Waals surface area contributed by atoms with Gasteiger partial charge in [0.2, 0.25) is 5.91 Å². The molecule has 1 N–H and O–H groups in total. The fourth-order valence-electron chi connectivity index (χ4n) is 2.83. The van der Waals surface area contributed by atoms with Gasteiger partial charge in [0.05, 0.1) is 11.4 Å². The van der Waals surface area contributed by atoms with E-state index in [0.29, 0.717) is 22.8 Å². The van der Waals surface area contributed by atoms with Crippen molar-refractivity contribution in [2.45, 2.75) is 38.1 Å². The quantitative estimate of drug-likeness (QED) is 0.481. The van der Waals surface area contributed by atoms with E-state index in [2.05, 4.69) is 15.5 Å². The molecule has 1 amide bonds. The highest BCUT2D eigenvalue weighted by Gasteiger charge is 2.22. The first kappa shape index (κ1) is 22.7. The zero-order chi connectivity index (χ0) is 22.5. The summed E-state index contributed by atoms with van der Waals surface area (Å²) in [7, 11) is 0. The van der Waals surface area contributed by atoms with Gasteiger partial charge < -0.3 is 14.6 Å².